The molecule has 1 unspecified atom stereocenters. The van der Waals surface area contributed by atoms with Crippen molar-refractivity contribution in [2.45, 2.75) is 25.9 Å². The molecule has 1 aliphatic heterocycles. The van der Waals surface area contributed by atoms with E-state index in [4.69, 9.17) is 0 Å². The Labute approximate surface area is 115 Å². The standard InChI is InChI=1S/C15H24N2S/c1-13(2)16-12-15(14-6-4-3-5-7-14)17-8-10-18-11-9-17/h3-7,13,15-16H,8-12H2,1-2H3. The second kappa shape index (κ2) is 7.17. The van der Waals surface area contributed by atoms with Crippen LogP contribution < -0.4 is 5.32 Å². The van der Waals surface area contributed by atoms with Gasteiger partial charge in [-0.1, -0.05) is 44.2 Å². The van der Waals surface area contributed by atoms with Crippen LogP contribution in [-0.4, -0.2) is 42.1 Å². The lowest BCUT2D eigenvalue weighted by Crippen LogP contribution is -2.42. The molecular formula is C15H24N2S. The Morgan fingerprint density at radius 2 is 1.83 bits per heavy atom. The molecule has 3 heteroatoms. The van der Waals surface area contributed by atoms with Crippen molar-refractivity contribution in [1.29, 1.82) is 0 Å². The summed E-state index contributed by atoms with van der Waals surface area (Å²) in [5.74, 6) is 2.54. The van der Waals surface area contributed by atoms with Crippen LogP contribution in [0.3, 0.4) is 0 Å². The van der Waals surface area contributed by atoms with Gasteiger partial charge in [0.25, 0.3) is 0 Å². The number of rotatable bonds is 5. The third-order valence-electron chi connectivity index (χ3n) is 3.39. The molecule has 1 aliphatic rings. The summed E-state index contributed by atoms with van der Waals surface area (Å²) >= 11 is 2.07. The molecule has 18 heavy (non-hydrogen) atoms. The average Bonchev–Trinajstić information content (AvgIpc) is 2.41. The topological polar surface area (TPSA) is 15.3 Å². The first-order valence-corrected chi connectivity index (χ1v) is 8.03. The molecule has 100 valence electrons. The van der Waals surface area contributed by atoms with Crippen LogP contribution in [0.4, 0.5) is 0 Å². The van der Waals surface area contributed by atoms with Crippen molar-refractivity contribution in [2.75, 3.05) is 31.1 Å². The fraction of sp³-hybridized carbons (Fsp3) is 0.600. The van der Waals surface area contributed by atoms with Crippen molar-refractivity contribution >= 4 is 11.8 Å². The fourth-order valence-corrected chi connectivity index (χ4v) is 3.30. The molecule has 2 rings (SSSR count). The summed E-state index contributed by atoms with van der Waals surface area (Å²) in [5, 5.41) is 3.59. The Balaban J connectivity index is 2.06. The van der Waals surface area contributed by atoms with E-state index >= 15 is 0 Å². The molecule has 0 radical (unpaired) electrons. The zero-order valence-corrected chi connectivity index (χ0v) is 12.2. The maximum absolute atomic E-state index is 3.59. The van der Waals surface area contributed by atoms with Crippen molar-refractivity contribution in [3.8, 4) is 0 Å². The van der Waals surface area contributed by atoms with Crippen LogP contribution in [0.5, 0.6) is 0 Å². The van der Waals surface area contributed by atoms with E-state index in [1.54, 1.807) is 0 Å². The van der Waals surface area contributed by atoms with E-state index in [0.29, 0.717) is 12.1 Å². The van der Waals surface area contributed by atoms with Gasteiger partial charge in [0.1, 0.15) is 0 Å². The van der Waals surface area contributed by atoms with E-state index in [9.17, 15) is 0 Å². The molecule has 1 saturated heterocycles. The van der Waals surface area contributed by atoms with Crippen LogP contribution >= 0.6 is 11.8 Å². The fourth-order valence-electron chi connectivity index (χ4n) is 2.37. The van der Waals surface area contributed by atoms with E-state index in [1.165, 1.54) is 30.2 Å². The molecule has 0 aliphatic carbocycles. The quantitative estimate of drug-likeness (QED) is 0.880. The number of hydrogen-bond donors (Lipinski definition) is 1. The molecule has 0 aromatic heterocycles. The first-order valence-electron chi connectivity index (χ1n) is 6.87. The molecule has 1 aromatic rings. The normalized spacial score (nSPS) is 19.1. The second-order valence-electron chi connectivity index (χ2n) is 5.14. The Kier molecular flexibility index (Phi) is 5.54. The summed E-state index contributed by atoms with van der Waals surface area (Å²) in [6.07, 6.45) is 0. The number of nitrogens with zero attached hydrogens (tertiary/aromatic N) is 1. The molecule has 2 nitrogen and oxygen atoms in total. The zero-order valence-electron chi connectivity index (χ0n) is 11.4. The minimum atomic E-state index is 0.523. The minimum absolute atomic E-state index is 0.523. The number of thioether (sulfide) groups is 1. The third-order valence-corrected chi connectivity index (χ3v) is 4.33. The van der Waals surface area contributed by atoms with Crippen LogP contribution in [0, 0.1) is 0 Å². The lowest BCUT2D eigenvalue weighted by atomic mass is 10.0. The first kappa shape index (κ1) is 13.9. The van der Waals surface area contributed by atoms with Gasteiger partial charge in [0.15, 0.2) is 0 Å². The Hall–Kier alpha value is -0.510. The molecule has 0 bridgehead atoms. The first-order chi connectivity index (χ1) is 8.77. The average molecular weight is 264 g/mol. The SMILES string of the molecule is CC(C)NCC(c1ccccc1)N1CCSCC1. The van der Waals surface area contributed by atoms with Crippen LogP contribution in [0.15, 0.2) is 30.3 Å². The molecule has 1 atom stereocenters. The van der Waals surface area contributed by atoms with Crippen molar-refractivity contribution in [2.24, 2.45) is 0 Å². The van der Waals surface area contributed by atoms with Gasteiger partial charge in [-0.15, -0.1) is 0 Å². The monoisotopic (exact) mass is 264 g/mol. The third kappa shape index (κ3) is 4.01. The summed E-state index contributed by atoms with van der Waals surface area (Å²) < 4.78 is 0. The predicted octanol–water partition coefficient (Wildman–Crippen LogP) is 2.77. The number of benzene rings is 1. The van der Waals surface area contributed by atoms with Crippen LogP contribution in [0.1, 0.15) is 25.5 Å². The largest absolute Gasteiger partial charge is 0.313 e. The highest BCUT2D eigenvalue weighted by Crippen LogP contribution is 2.23. The van der Waals surface area contributed by atoms with E-state index in [2.05, 4.69) is 66.2 Å². The molecule has 0 spiro atoms. The van der Waals surface area contributed by atoms with Gasteiger partial charge < -0.3 is 5.32 Å². The van der Waals surface area contributed by atoms with Gasteiger partial charge in [0.2, 0.25) is 0 Å². The summed E-state index contributed by atoms with van der Waals surface area (Å²) in [7, 11) is 0. The maximum atomic E-state index is 3.59. The van der Waals surface area contributed by atoms with E-state index < -0.39 is 0 Å². The Morgan fingerprint density at radius 1 is 1.17 bits per heavy atom. The molecule has 0 amide bonds. The van der Waals surface area contributed by atoms with E-state index in [0.717, 1.165) is 6.54 Å². The van der Waals surface area contributed by atoms with Gasteiger partial charge in [-0.05, 0) is 5.56 Å². The summed E-state index contributed by atoms with van der Waals surface area (Å²) in [5.41, 5.74) is 1.44. The Bertz CT molecular complexity index is 334. The van der Waals surface area contributed by atoms with Gasteiger partial charge in [-0.25, -0.2) is 0 Å². The minimum Gasteiger partial charge on any atom is -0.313 e. The molecule has 1 aromatic carbocycles. The molecule has 1 heterocycles. The summed E-state index contributed by atoms with van der Waals surface area (Å²) in [4.78, 5) is 2.63. The molecule has 1 fully saturated rings. The lowest BCUT2D eigenvalue weighted by Gasteiger charge is -2.35. The molecular weight excluding hydrogens is 240 g/mol. The van der Waals surface area contributed by atoms with Gasteiger partial charge in [0.05, 0.1) is 0 Å². The lowest BCUT2D eigenvalue weighted by molar-refractivity contribution is 0.209. The second-order valence-corrected chi connectivity index (χ2v) is 6.36. The van der Waals surface area contributed by atoms with Crippen molar-refractivity contribution in [3.63, 3.8) is 0 Å². The maximum Gasteiger partial charge on any atom is 0.0473 e. The highest BCUT2D eigenvalue weighted by molar-refractivity contribution is 7.99. The summed E-state index contributed by atoms with van der Waals surface area (Å²) in [6, 6.07) is 12.0. The van der Waals surface area contributed by atoms with Crippen molar-refractivity contribution in [1.82, 2.24) is 10.2 Å². The van der Waals surface area contributed by atoms with Gasteiger partial charge in [-0.3, -0.25) is 4.90 Å². The van der Waals surface area contributed by atoms with Crippen molar-refractivity contribution in [3.05, 3.63) is 35.9 Å². The highest BCUT2D eigenvalue weighted by Gasteiger charge is 2.22. The van der Waals surface area contributed by atoms with E-state index in [1.807, 2.05) is 0 Å². The molecule has 1 N–H and O–H groups in total. The Morgan fingerprint density at radius 3 is 2.44 bits per heavy atom. The zero-order chi connectivity index (χ0) is 12.8. The van der Waals surface area contributed by atoms with Gasteiger partial charge in [0, 0.05) is 43.2 Å². The molecule has 0 saturated carbocycles. The highest BCUT2D eigenvalue weighted by atomic mass is 32.2. The predicted molar refractivity (Wildman–Crippen MR) is 81.2 cm³/mol. The van der Waals surface area contributed by atoms with Gasteiger partial charge >= 0.3 is 0 Å². The van der Waals surface area contributed by atoms with Crippen molar-refractivity contribution < 1.29 is 0 Å². The number of hydrogen-bond acceptors (Lipinski definition) is 3. The van der Waals surface area contributed by atoms with Crippen LogP contribution in [0.2, 0.25) is 0 Å². The smallest absolute Gasteiger partial charge is 0.0473 e. The van der Waals surface area contributed by atoms with Crippen LogP contribution in [-0.2, 0) is 0 Å². The number of nitrogens with one attached hydrogen (secondary N) is 1. The van der Waals surface area contributed by atoms with Gasteiger partial charge in [-0.2, -0.15) is 11.8 Å². The summed E-state index contributed by atoms with van der Waals surface area (Å²) in [6.45, 7) is 7.91. The van der Waals surface area contributed by atoms with Crippen LogP contribution in [0.25, 0.3) is 0 Å². The van der Waals surface area contributed by atoms with E-state index in [-0.39, 0.29) is 0 Å².